The number of alkyl halides is 1. The third kappa shape index (κ3) is 3.27. The van der Waals surface area contributed by atoms with Crippen molar-refractivity contribution in [3.63, 3.8) is 0 Å². The van der Waals surface area contributed by atoms with Gasteiger partial charge in [0.2, 0.25) is 0 Å². The fraction of sp³-hybridized carbons (Fsp3) is 0.600. The molecule has 0 spiro atoms. The van der Waals surface area contributed by atoms with Gasteiger partial charge in [0.05, 0.1) is 14.2 Å². The minimum atomic E-state index is 0.514. The maximum absolute atomic E-state index is 5.61. The lowest BCUT2D eigenvalue weighted by atomic mass is 9.91. The Morgan fingerprint density at radius 3 is 2.47 bits per heavy atom. The molecule has 0 aliphatic heterocycles. The van der Waals surface area contributed by atoms with Crippen LogP contribution in [-0.4, -0.2) is 19.0 Å². The van der Waals surface area contributed by atoms with E-state index in [0.29, 0.717) is 10.7 Å². The summed E-state index contributed by atoms with van der Waals surface area (Å²) in [5.41, 5.74) is 1.28. The number of halogens is 2. The molecule has 0 amide bonds. The van der Waals surface area contributed by atoms with Gasteiger partial charge in [0, 0.05) is 10.7 Å². The summed E-state index contributed by atoms with van der Waals surface area (Å²) in [5.74, 6) is 2.25. The zero-order valence-electron chi connectivity index (χ0n) is 11.4. The van der Waals surface area contributed by atoms with Crippen LogP contribution in [0, 0.1) is 0 Å². The first-order valence-corrected chi connectivity index (χ1v) is 8.44. The monoisotopic (exact) mass is 390 g/mol. The van der Waals surface area contributed by atoms with E-state index in [1.54, 1.807) is 14.2 Å². The average molecular weight is 392 g/mol. The Balaban J connectivity index is 2.40. The number of rotatable bonds is 3. The highest BCUT2D eigenvalue weighted by molar-refractivity contribution is 9.10. The molecular weight excluding hydrogens is 372 g/mol. The molecule has 0 bridgehead atoms. The van der Waals surface area contributed by atoms with Crippen molar-refractivity contribution >= 4 is 31.9 Å². The van der Waals surface area contributed by atoms with Crippen molar-refractivity contribution in [1.29, 1.82) is 0 Å². The zero-order valence-corrected chi connectivity index (χ0v) is 14.6. The molecule has 19 heavy (non-hydrogen) atoms. The van der Waals surface area contributed by atoms with Gasteiger partial charge in [-0.2, -0.15) is 0 Å². The molecule has 2 nitrogen and oxygen atoms in total. The third-order valence-electron chi connectivity index (χ3n) is 3.85. The van der Waals surface area contributed by atoms with Crippen molar-refractivity contribution in [2.24, 2.45) is 0 Å². The van der Waals surface area contributed by atoms with Gasteiger partial charge in [-0.05, 0) is 40.4 Å². The molecule has 0 aromatic heterocycles. The molecular formula is C15H20Br2O2. The topological polar surface area (TPSA) is 18.5 Å². The summed E-state index contributed by atoms with van der Waals surface area (Å²) in [6, 6.07) is 4.17. The molecule has 0 N–H and O–H groups in total. The normalized spacial score (nSPS) is 23.8. The van der Waals surface area contributed by atoms with E-state index in [9.17, 15) is 0 Å². The van der Waals surface area contributed by atoms with Gasteiger partial charge in [0.15, 0.2) is 0 Å². The van der Waals surface area contributed by atoms with Crippen molar-refractivity contribution in [3.8, 4) is 11.5 Å². The summed E-state index contributed by atoms with van der Waals surface area (Å²) in [7, 11) is 3.40. The largest absolute Gasteiger partial charge is 0.495 e. The molecule has 0 saturated heterocycles. The quantitative estimate of drug-likeness (QED) is 0.515. The highest BCUT2D eigenvalue weighted by Crippen LogP contribution is 2.45. The van der Waals surface area contributed by atoms with E-state index < -0.39 is 0 Å². The highest BCUT2D eigenvalue weighted by atomic mass is 79.9. The lowest BCUT2D eigenvalue weighted by Crippen LogP contribution is -2.12. The Morgan fingerprint density at radius 2 is 1.79 bits per heavy atom. The van der Waals surface area contributed by atoms with Gasteiger partial charge in [-0.15, -0.1) is 0 Å². The summed E-state index contributed by atoms with van der Waals surface area (Å²) in [6.07, 6.45) is 6.38. The maximum Gasteiger partial charge on any atom is 0.140 e. The van der Waals surface area contributed by atoms with Gasteiger partial charge in [-0.25, -0.2) is 0 Å². The van der Waals surface area contributed by atoms with Crippen molar-refractivity contribution in [3.05, 3.63) is 22.2 Å². The summed E-state index contributed by atoms with van der Waals surface area (Å²) >= 11 is 7.46. The molecule has 1 aliphatic carbocycles. The minimum Gasteiger partial charge on any atom is -0.495 e. The molecule has 0 radical (unpaired) electrons. The Morgan fingerprint density at radius 1 is 1.05 bits per heavy atom. The first-order valence-electron chi connectivity index (χ1n) is 6.73. The number of hydrogen-bond donors (Lipinski definition) is 0. The Hall–Kier alpha value is -0.220. The Labute approximate surface area is 132 Å². The van der Waals surface area contributed by atoms with E-state index in [0.717, 1.165) is 16.0 Å². The van der Waals surface area contributed by atoms with Crippen LogP contribution in [0.3, 0.4) is 0 Å². The van der Waals surface area contributed by atoms with E-state index in [4.69, 9.17) is 9.47 Å². The first-order chi connectivity index (χ1) is 9.19. The van der Waals surface area contributed by atoms with E-state index in [2.05, 4.69) is 37.9 Å². The minimum absolute atomic E-state index is 0.514. The highest BCUT2D eigenvalue weighted by Gasteiger charge is 2.27. The van der Waals surface area contributed by atoms with E-state index in [1.165, 1.54) is 37.7 Å². The molecule has 1 aromatic rings. The van der Waals surface area contributed by atoms with Crippen molar-refractivity contribution in [2.75, 3.05) is 14.2 Å². The third-order valence-corrected chi connectivity index (χ3v) is 5.69. The van der Waals surface area contributed by atoms with Crippen LogP contribution in [0.1, 0.15) is 43.6 Å². The molecule has 1 saturated carbocycles. The second-order valence-electron chi connectivity index (χ2n) is 4.96. The molecule has 1 fully saturated rings. The maximum atomic E-state index is 5.61. The second-order valence-corrected chi connectivity index (χ2v) is 6.93. The molecule has 106 valence electrons. The molecule has 0 heterocycles. The number of hydrogen-bond acceptors (Lipinski definition) is 2. The Kier molecular flexibility index (Phi) is 5.58. The molecule has 2 atom stereocenters. The van der Waals surface area contributed by atoms with Gasteiger partial charge in [-0.1, -0.05) is 41.3 Å². The van der Waals surface area contributed by atoms with E-state index in [1.807, 2.05) is 6.07 Å². The van der Waals surface area contributed by atoms with Crippen LogP contribution in [-0.2, 0) is 0 Å². The van der Waals surface area contributed by atoms with Gasteiger partial charge in [0.1, 0.15) is 16.0 Å². The molecule has 2 unspecified atom stereocenters. The number of methoxy groups -OCH3 is 2. The second kappa shape index (κ2) is 6.98. The molecule has 1 aliphatic rings. The zero-order chi connectivity index (χ0) is 13.8. The van der Waals surface area contributed by atoms with Crippen LogP contribution in [0.2, 0.25) is 0 Å². The Bertz CT molecular complexity index is 434. The number of benzene rings is 1. The summed E-state index contributed by atoms with van der Waals surface area (Å²) < 4.78 is 11.9. The van der Waals surface area contributed by atoms with Crippen molar-refractivity contribution < 1.29 is 9.47 Å². The van der Waals surface area contributed by atoms with Crippen LogP contribution >= 0.6 is 31.9 Å². The van der Waals surface area contributed by atoms with Crippen LogP contribution in [0.25, 0.3) is 0 Å². The molecule has 1 aromatic carbocycles. The van der Waals surface area contributed by atoms with Gasteiger partial charge in [-0.3, -0.25) is 0 Å². The van der Waals surface area contributed by atoms with E-state index >= 15 is 0 Å². The van der Waals surface area contributed by atoms with E-state index in [-0.39, 0.29) is 0 Å². The standard InChI is InChI=1S/C15H20Br2O2/c1-18-13-9-8-11(15(19-2)14(13)17)10-6-4-3-5-7-12(10)16/h8-10,12H,3-7H2,1-2H3. The summed E-state index contributed by atoms with van der Waals surface area (Å²) in [4.78, 5) is 0.532. The summed E-state index contributed by atoms with van der Waals surface area (Å²) in [6.45, 7) is 0. The number of ether oxygens (including phenoxy) is 2. The van der Waals surface area contributed by atoms with Crippen LogP contribution in [0.4, 0.5) is 0 Å². The first kappa shape index (κ1) is 15.2. The van der Waals surface area contributed by atoms with Gasteiger partial charge >= 0.3 is 0 Å². The van der Waals surface area contributed by atoms with Crippen LogP contribution < -0.4 is 9.47 Å². The smallest absolute Gasteiger partial charge is 0.140 e. The average Bonchev–Trinajstić information content (AvgIpc) is 2.63. The predicted molar refractivity (Wildman–Crippen MR) is 85.8 cm³/mol. The van der Waals surface area contributed by atoms with Gasteiger partial charge in [0.25, 0.3) is 0 Å². The predicted octanol–water partition coefficient (Wildman–Crippen LogP) is 5.28. The molecule has 4 heteroatoms. The van der Waals surface area contributed by atoms with Crippen LogP contribution in [0.5, 0.6) is 11.5 Å². The fourth-order valence-corrected chi connectivity index (χ4v) is 4.38. The van der Waals surface area contributed by atoms with Crippen LogP contribution in [0.15, 0.2) is 16.6 Å². The van der Waals surface area contributed by atoms with Crippen molar-refractivity contribution in [1.82, 2.24) is 0 Å². The van der Waals surface area contributed by atoms with Crippen molar-refractivity contribution in [2.45, 2.75) is 42.8 Å². The fourth-order valence-electron chi connectivity index (χ4n) is 2.82. The SMILES string of the molecule is COc1ccc(C2CCCCCC2Br)c(OC)c1Br. The summed E-state index contributed by atoms with van der Waals surface area (Å²) in [5, 5.41) is 0. The lowest BCUT2D eigenvalue weighted by molar-refractivity contribution is 0.382. The van der Waals surface area contributed by atoms with Gasteiger partial charge < -0.3 is 9.47 Å². The molecule has 2 rings (SSSR count). The lowest BCUT2D eigenvalue weighted by Gasteiger charge is -2.24.